The smallest absolute Gasteiger partial charge is 0.197 e. The van der Waals surface area contributed by atoms with Gasteiger partial charge in [0.05, 0.1) is 19.8 Å². The molecule has 3 rings (SSSR count). The van der Waals surface area contributed by atoms with E-state index in [1.165, 1.54) is 30.9 Å². The molecule has 2 unspecified atom stereocenters. The van der Waals surface area contributed by atoms with Gasteiger partial charge in [-0.25, -0.2) is 0 Å². The first-order chi connectivity index (χ1) is 9.28. The lowest BCUT2D eigenvalue weighted by Crippen LogP contribution is -2.48. The molecule has 1 aromatic rings. The summed E-state index contributed by atoms with van der Waals surface area (Å²) in [4.78, 5) is 2.54. The van der Waals surface area contributed by atoms with E-state index in [2.05, 4.69) is 14.6 Å². The number of morpholine rings is 1. The fourth-order valence-corrected chi connectivity index (χ4v) is 3.51. The average molecular weight is 284 g/mol. The number of hydrogen-bond acceptors (Lipinski definition) is 7. The van der Waals surface area contributed by atoms with Gasteiger partial charge in [-0.15, -0.1) is 0 Å². The molecule has 2 atom stereocenters. The Hall–Kier alpha value is -1.05. The van der Waals surface area contributed by atoms with Gasteiger partial charge in [-0.05, 0) is 30.9 Å². The molecule has 0 bridgehead atoms. The number of nitrogens with zero attached hydrogens (tertiary/aromatic N) is 2. The van der Waals surface area contributed by atoms with Crippen molar-refractivity contribution in [2.24, 2.45) is 0 Å². The summed E-state index contributed by atoms with van der Waals surface area (Å²) >= 11 is 1.33. The quantitative estimate of drug-likeness (QED) is 0.859. The molecule has 0 spiro atoms. The largest absolute Gasteiger partial charge is 0.490 e. The molecule has 0 saturated carbocycles. The van der Waals surface area contributed by atoms with E-state index < -0.39 is 0 Å². The molecule has 3 heterocycles. The van der Waals surface area contributed by atoms with Crippen molar-refractivity contribution in [3.63, 3.8) is 0 Å². The van der Waals surface area contributed by atoms with Gasteiger partial charge in [0.2, 0.25) is 0 Å². The van der Waals surface area contributed by atoms with Crippen LogP contribution in [0.5, 0.6) is 5.75 Å². The first-order valence-electron chi connectivity index (χ1n) is 6.66. The Labute approximate surface area is 117 Å². The third-order valence-electron chi connectivity index (χ3n) is 3.83. The van der Waals surface area contributed by atoms with Crippen LogP contribution in [0.2, 0.25) is 0 Å². The van der Waals surface area contributed by atoms with Crippen LogP contribution in [0.3, 0.4) is 0 Å². The Morgan fingerprint density at radius 3 is 3.37 bits per heavy atom. The van der Waals surface area contributed by atoms with Crippen LogP contribution in [0.4, 0.5) is 10.8 Å². The first kappa shape index (κ1) is 13.0. The highest BCUT2D eigenvalue weighted by Gasteiger charge is 2.32. The van der Waals surface area contributed by atoms with Gasteiger partial charge in [-0.2, -0.15) is 4.37 Å². The number of nitrogens with two attached hydrogens (primary N) is 1. The second-order valence-electron chi connectivity index (χ2n) is 5.06. The highest BCUT2D eigenvalue weighted by Crippen LogP contribution is 2.34. The molecule has 0 aromatic carbocycles. The first-order valence-corrected chi connectivity index (χ1v) is 7.44. The van der Waals surface area contributed by atoms with Crippen LogP contribution in [0.1, 0.15) is 12.8 Å². The summed E-state index contributed by atoms with van der Waals surface area (Å²) in [5.41, 5.74) is 5.73. The zero-order chi connectivity index (χ0) is 13.2. The highest BCUT2D eigenvalue weighted by atomic mass is 32.1. The summed E-state index contributed by atoms with van der Waals surface area (Å²) in [6, 6.07) is 0.643. The Morgan fingerprint density at radius 2 is 2.53 bits per heavy atom. The molecular formula is C12H20N4O2S. The van der Waals surface area contributed by atoms with Gasteiger partial charge in [0.15, 0.2) is 16.6 Å². The van der Waals surface area contributed by atoms with E-state index in [1.807, 2.05) is 0 Å². The minimum absolute atomic E-state index is 0.224. The predicted octanol–water partition coefficient (Wildman–Crippen LogP) is 1.01. The number of hydrogen-bond donors (Lipinski definition) is 2. The van der Waals surface area contributed by atoms with Crippen molar-refractivity contribution in [3.05, 3.63) is 0 Å². The molecule has 0 aliphatic carbocycles. The van der Waals surface area contributed by atoms with Crippen molar-refractivity contribution < 1.29 is 9.47 Å². The van der Waals surface area contributed by atoms with Gasteiger partial charge in [0.1, 0.15) is 0 Å². The molecule has 2 aliphatic rings. The molecule has 19 heavy (non-hydrogen) atoms. The number of nitrogen functional groups attached to an aromatic ring is 1. The maximum absolute atomic E-state index is 5.90. The summed E-state index contributed by atoms with van der Waals surface area (Å²) in [6.07, 6.45) is 2.80. The zero-order valence-corrected chi connectivity index (χ0v) is 11.9. The maximum Gasteiger partial charge on any atom is 0.197 e. The molecule has 0 amide bonds. The van der Waals surface area contributed by atoms with E-state index in [4.69, 9.17) is 15.2 Å². The van der Waals surface area contributed by atoms with Crippen molar-refractivity contribution in [1.82, 2.24) is 9.27 Å². The van der Waals surface area contributed by atoms with Crippen molar-refractivity contribution >= 4 is 22.4 Å². The van der Waals surface area contributed by atoms with E-state index in [0.29, 0.717) is 17.6 Å². The third kappa shape index (κ3) is 2.63. The molecule has 2 saturated heterocycles. The van der Waals surface area contributed by atoms with Crippen LogP contribution in [-0.4, -0.2) is 54.8 Å². The number of anilines is 2. The van der Waals surface area contributed by atoms with Crippen molar-refractivity contribution in [3.8, 4) is 5.75 Å². The summed E-state index contributed by atoms with van der Waals surface area (Å²) in [5.74, 6) is 1.08. The number of rotatable bonds is 4. The molecule has 2 aliphatic heterocycles. The van der Waals surface area contributed by atoms with Crippen LogP contribution >= 0.6 is 11.5 Å². The van der Waals surface area contributed by atoms with Gasteiger partial charge < -0.3 is 20.5 Å². The molecular weight excluding hydrogens is 264 g/mol. The second-order valence-corrected chi connectivity index (χ2v) is 5.83. The average Bonchev–Trinajstić information content (AvgIpc) is 3.01. The normalized spacial score (nSPS) is 27.2. The summed E-state index contributed by atoms with van der Waals surface area (Å²) < 4.78 is 15.2. The van der Waals surface area contributed by atoms with Crippen LogP contribution in [0, 0.1) is 0 Å². The number of nitrogens with one attached hydrogen (secondary N) is 1. The maximum atomic E-state index is 5.90. The van der Waals surface area contributed by atoms with E-state index >= 15 is 0 Å². The van der Waals surface area contributed by atoms with Crippen LogP contribution < -0.4 is 15.8 Å². The van der Waals surface area contributed by atoms with Crippen LogP contribution in [0.25, 0.3) is 0 Å². The van der Waals surface area contributed by atoms with E-state index in [9.17, 15) is 0 Å². The van der Waals surface area contributed by atoms with Gasteiger partial charge in [-0.3, -0.25) is 4.90 Å². The Bertz CT molecular complexity index is 439. The lowest BCUT2D eigenvalue weighted by Gasteiger charge is -2.35. The zero-order valence-electron chi connectivity index (χ0n) is 11.1. The van der Waals surface area contributed by atoms with Crippen LogP contribution in [-0.2, 0) is 4.74 Å². The number of fused-ring (bicyclic) bond motifs is 1. The molecule has 2 fully saturated rings. The van der Waals surface area contributed by atoms with Gasteiger partial charge in [0, 0.05) is 19.1 Å². The topological polar surface area (TPSA) is 72.6 Å². The molecule has 3 N–H and O–H groups in total. The molecule has 6 nitrogen and oxygen atoms in total. The number of ether oxygens (including phenoxy) is 2. The monoisotopic (exact) mass is 284 g/mol. The van der Waals surface area contributed by atoms with Crippen molar-refractivity contribution in [2.45, 2.75) is 25.0 Å². The van der Waals surface area contributed by atoms with Gasteiger partial charge in [0.25, 0.3) is 0 Å². The van der Waals surface area contributed by atoms with Crippen molar-refractivity contribution in [2.75, 3.05) is 44.4 Å². The Kier molecular flexibility index (Phi) is 3.76. The molecule has 7 heteroatoms. The van der Waals surface area contributed by atoms with E-state index in [-0.39, 0.29) is 6.10 Å². The van der Waals surface area contributed by atoms with Gasteiger partial charge >= 0.3 is 0 Å². The summed E-state index contributed by atoms with van der Waals surface area (Å²) in [6.45, 7) is 3.84. The van der Waals surface area contributed by atoms with Gasteiger partial charge in [-0.1, -0.05) is 0 Å². The SMILES string of the molecule is COc1c(N)nsc1NCC1CN2CCCC2CO1. The summed E-state index contributed by atoms with van der Waals surface area (Å²) in [5, 5.41) is 4.22. The van der Waals surface area contributed by atoms with Crippen molar-refractivity contribution in [1.29, 1.82) is 0 Å². The fourth-order valence-electron chi connectivity index (χ4n) is 2.82. The standard InChI is InChI=1S/C12H20N4O2S/c1-17-10-11(13)15-19-12(10)14-5-9-6-16-4-2-3-8(16)7-18-9/h8-9,14H,2-7H2,1H3,(H2,13,15). The Morgan fingerprint density at radius 1 is 1.63 bits per heavy atom. The van der Waals surface area contributed by atoms with E-state index in [1.54, 1.807) is 7.11 Å². The predicted molar refractivity (Wildman–Crippen MR) is 75.9 cm³/mol. The molecule has 106 valence electrons. The summed E-state index contributed by atoms with van der Waals surface area (Å²) in [7, 11) is 1.61. The lowest BCUT2D eigenvalue weighted by atomic mass is 10.2. The third-order valence-corrected chi connectivity index (χ3v) is 4.63. The second kappa shape index (κ2) is 5.52. The van der Waals surface area contributed by atoms with E-state index in [0.717, 1.165) is 24.7 Å². The van der Waals surface area contributed by atoms with Crippen LogP contribution in [0.15, 0.2) is 0 Å². The Balaban J connectivity index is 1.54. The minimum atomic E-state index is 0.224. The minimum Gasteiger partial charge on any atom is -0.490 e. The number of methoxy groups -OCH3 is 1. The highest BCUT2D eigenvalue weighted by molar-refractivity contribution is 7.11. The molecule has 1 aromatic heterocycles. The fraction of sp³-hybridized carbons (Fsp3) is 0.750. The number of aromatic nitrogens is 1. The molecule has 0 radical (unpaired) electrons. The lowest BCUT2D eigenvalue weighted by molar-refractivity contribution is -0.0415.